The van der Waals surface area contributed by atoms with Gasteiger partial charge in [-0.05, 0) is 30.9 Å². The van der Waals surface area contributed by atoms with Crippen molar-refractivity contribution in [3.63, 3.8) is 0 Å². The van der Waals surface area contributed by atoms with Crippen LogP contribution in [0.1, 0.15) is 51.0 Å². The lowest BCUT2D eigenvalue weighted by molar-refractivity contribution is -0.135. The second-order valence-corrected chi connectivity index (χ2v) is 6.38. The summed E-state index contributed by atoms with van der Waals surface area (Å²) in [7, 11) is 0. The molecule has 1 amide bonds. The van der Waals surface area contributed by atoms with Gasteiger partial charge in [0.25, 0.3) is 0 Å². The lowest BCUT2D eigenvalue weighted by Crippen LogP contribution is -2.51. The van der Waals surface area contributed by atoms with E-state index in [4.69, 9.17) is 4.74 Å². The summed E-state index contributed by atoms with van der Waals surface area (Å²) in [5.74, 6) is 1.37. The summed E-state index contributed by atoms with van der Waals surface area (Å²) < 4.78 is 6.33. The number of ether oxygens (including phenoxy) is 1. The number of nitrogens with zero attached hydrogens (tertiary/aromatic N) is 1. The lowest BCUT2D eigenvalue weighted by Gasteiger charge is -2.44. The molecule has 0 saturated carbocycles. The van der Waals surface area contributed by atoms with Crippen LogP contribution >= 0.6 is 0 Å². The van der Waals surface area contributed by atoms with Gasteiger partial charge in [0.15, 0.2) is 0 Å². The Morgan fingerprint density at radius 3 is 2.76 bits per heavy atom. The predicted octanol–water partition coefficient (Wildman–Crippen LogP) is 3.56. The monoisotopic (exact) mass is 287 g/mol. The number of amides is 1. The molecule has 1 spiro atoms. The summed E-state index contributed by atoms with van der Waals surface area (Å²) in [6, 6.07) is 8.36. The first-order valence-corrected chi connectivity index (χ1v) is 8.27. The van der Waals surface area contributed by atoms with Crippen molar-refractivity contribution < 1.29 is 9.53 Å². The highest BCUT2D eigenvalue weighted by Crippen LogP contribution is 2.39. The molecular weight excluding hydrogens is 262 g/mol. The summed E-state index contributed by atoms with van der Waals surface area (Å²) in [5.41, 5.74) is 1.29. The van der Waals surface area contributed by atoms with Crippen molar-refractivity contribution in [3.8, 4) is 5.75 Å². The van der Waals surface area contributed by atoms with Crippen LogP contribution in [0.15, 0.2) is 24.3 Å². The Labute approximate surface area is 127 Å². The molecular formula is C18H25NO2. The fourth-order valence-electron chi connectivity index (χ4n) is 3.46. The number of likely N-dealkylation sites (tertiary alicyclic amines) is 1. The van der Waals surface area contributed by atoms with Crippen molar-refractivity contribution in [2.24, 2.45) is 0 Å². The maximum atomic E-state index is 12.1. The largest absolute Gasteiger partial charge is 0.487 e. The van der Waals surface area contributed by atoms with Crippen LogP contribution in [0, 0.1) is 0 Å². The van der Waals surface area contributed by atoms with Gasteiger partial charge in [0.05, 0.1) is 0 Å². The third-order valence-corrected chi connectivity index (χ3v) is 4.92. The smallest absolute Gasteiger partial charge is 0.222 e. The minimum atomic E-state index is -0.0319. The normalized spacial score (nSPS) is 20.0. The number of rotatable bonds is 3. The minimum Gasteiger partial charge on any atom is -0.487 e. The highest BCUT2D eigenvalue weighted by molar-refractivity contribution is 5.76. The van der Waals surface area contributed by atoms with Crippen LogP contribution < -0.4 is 4.74 Å². The van der Waals surface area contributed by atoms with Crippen LogP contribution in [0.25, 0.3) is 0 Å². The number of carbonyl (C=O) groups excluding carboxylic acids is 1. The average molecular weight is 287 g/mol. The Morgan fingerprint density at radius 1 is 1.24 bits per heavy atom. The third kappa shape index (κ3) is 3.07. The van der Waals surface area contributed by atoms with Crippen LogP contribution in [0.2, 0.25) is 0 Å². The molecule has 2 aliphatic heterocycles. The topological polar surface area (TPSA) is 29.5 Å². The van der Waals surface area contributed by atoms with Crippen LogP contribution in [0.5, 0.6) is 5.75 Å². The maximum Gasteiger partial charge on any atom is 0.222 e. The van der Waals surface area contributed by atoms with E-state index in [0.717, 1.165) is 57.4 Å². The molecule has 3 heteroatoms. The number of benzene rings is 1. The number of hydrogen-bond acceptors (Lipinski definition) is 2. The van der Waals surface area contributed by atoms with Crippen LogP contribution in [-0.4, -0.2) is 29.5 Å². The highest BCUT2D eigenvalue weighted by atomic mass is 16.5. The zero-order valence-corrected chi connectivity index (χ0v) is 12.9. The van der Waals surface area contributed by atoms with Crippen molar-refractivity contribution >= 4 is 5.91 Å². The number of fused-ring (bicyclic) bond motifs is 1. The molecule has 3 nitrogen and oxygen atoms in total. The van der Waals surface area contributed by atoms with Gasteiger partial charge in [-0.25, -0.2) is 0 Å². The molecule has 0 atom stereocenters. The second-order valence-electron chi connectivity index (χ2n) is 6.38. The standard InChI is InChI=1S/C18H25NO2/c1-2-3-8-17(20)19-13-11-18(12-14-19)10-9-15-6-4-5-7-16(15)21-18/h4-7H,2-3,8-14H2,1H3. The molecule has 1 saturated heterocycles. The Bertz CT molecular complexity index is 504. The van der Waals surface area contributed by atoms with Gasteiger partial charge in [-0.15, -0.1) is 0 Å². The lowest BCUT2D eigenvalue weighted by atomic mass is 9.83. The molecule has 0 N–H and O–H groups in total. The Kier molecular flexibility index (Phi) is 4.18. The second kappa shape index (κ2) is 6.08. The summed E-state index contributed by atoms with van der Waals surface area (Å²) in [6.45, 7) is 3.83. The summed E-state index contributed by atoms with van der Waals surface area (Å²) in [6.07, 6.45) is 6.92. The van der Waals surface area contributed by atoms with Crippen LogP contribution in [-0.2, 0) is 11.2 Å². The molecule has 2 aliphatic rings. The van der Waals surface area contributed by atoms with E-state index in [9.17, 15) is 4.79 Å². The van der Waals surface area contributed by atoms with E-state index < -0.39 is 0 Å². The first kappa shape index (κ1) is 14.4. The molecule has 2 heterocycles. The number of unbranched alkanes of at least 4 members (excludes halogenated alkanes) is 1. The van der Waals surface area contributed by atoms with Gasteiger partial charge in [-0.2, -0.15) is 0 Å². The summed E-state index contributed by atoms with van der Waals surface area (Å²) >= 11 is 0. The number of aryl methyl sites for hydroxylation is 1. The zero-order chi connectivity index (χ0) is 14.7. The Balaban J connectivity index is 1.60. The number of para-hydroxylation sites is 1. The molecule has 114 valence electrons. The first-order chi connectivity index (χ1) is 10.2. The summed E-state index contributed by atoms with van der Waals surface area (Å²) in [4.78, 5) is 14.1. The van der Waals surface area contributed by atoms with E-state index in [-0.39, 0.29) is 5.60 Å². The van der Waals surface area contributed by atoms with Gasteiger partial charge >= 0.3 is 0 Å². The van der Waals surface area contributed by atoms with Gasteiger partial charge in [-0.3, -0.25) is 4.79 Å². The number of carbonyl (C=O) groups is 1. The Hall–Kier alpha value is -1.51. The SMILES string of the molecule is CCCCC(=O)N1CCC2(CCc3ccccc3O2)CC1. The number of piperidine rings is 1. The van der Waals surface area contributed by atoms with E-state index in [1.807, 2.05) is 11.0 Å². The molecule has 0 bridgehead atoms. The fraction of sp³-hybridized carbons (Fsp3) is 0.611. The van der Waals surface area contributed by atoms with E-state index in [1.165, 1.54) is 5.56 Å². The molecule has 0 radical (unpaired) electrons. The van der Waals surface area contributed by atoms with E-state index in [0.29, 0.717) is 12.3 Å². The molecule has 1 aromatic rings. The zero-order valence-electron chi connectivity index (χ0n) is 12.9. The predicted molar refractivity (Wildman–Crippen MR) is 83.5 cm³/mol. The van der Waals surface area contributed by atoms with Crippen molar-refractivity contribution in [2.75, 3.05) is 13.1 Å². The molecule has 0 aliphatic carbocycles. The quantitative estimate of drug-likeness (QED) is 0.850. The molecule has 1 aromatic carbocycles. The highest BCUT2D eigenvalue weighted by Gasteiger charge is 2.40. The minimum absolute atomic E-state index is 0.0319. The van der Waals surface area contributed by atoms with Crippen LogP contribution in [0.4, 0.5) is 0 Å². The van der Waals surface area contributed by atoms with Crippen molar-refractivity contribution in [2.45, 2.75) is 57.5 Å². The van der Waals surface area contributed by atoms with Gasteiger partial charge in [0.2, 0.25) is 5.91 Å². The number of hydrogen-bond donors (Lipinski definition) is 0. The van der Waals surface area contributed by atoms with E-state index in [2.05, 4.69) is 25.1 Å². The van der Waals surface area contributed by atoms with Gasteiger partial charge in [-0.1, -0.05) is 31.5 Å². The maximum absolute atomic E-state index is 12.1. The third-order valence-electron chi connectivity index (χ3n) is 4.92. The average Bonchev–Trinajstić information content (AvgIpc) is 2.53. The molecule has 3 rings (SSSR count). The fourth-order valence-corrected chi connectivity index (χ4v) is 3.46. The van der Waals surface area contributed by atoms with E-state index >= 15 is 0 Å². The van der Waals surface area contributed by atoms with Gasteiger partial charge < -0.3 is 9.64 Å². The molecule has 21 heavy (non-hydrogen) atoms. The van der Waals surface area contributed by atoms with Gasteiger partial charge in [0, 0.05) is 32.4 Å². The molecule has 0 aromatic heterocycles. The van der Waals surface area contributed by atoms with E-state index in [1.54, 1.807) is 0 Å². The van der Waals surface area contributed by atoms with Crippen LogP contribution in [0.3, 0.4) is 0 Å². The van der Waals surface area contributed by atoms with Gasteiger partial charge in [0.1, 0.15) is 11.4 Å². The molecule has 1 fully saturated rings. The first-order valence-electron chi connectivity index (χ1n) is 8.27. The van der Waals surface area contributed by atoms with Crippen molar-refractivity contribution in [1.82, 2.24) is 4.90 Å². The van der Waals surface area contributed by atoms with Crippen molar-refractivity contribution in [1.29, 1.82) is 0 Å². The molecule has 0 unspecified atom stereocenters. The Morgan fingerprint density at radius 2 is 2.00 bits per heavy atom. The summed E-state index contributed by atoms with van der Waals surface area (Å²) in [5, 5.41) is 0. The van der Waals surface area contributed by atoms with Crippen molar-refractivity contribution in [3.05, 3.63) is 29.8 Å².